The third-order valence-electron chi connectivity index (χ3n) is 3.09. The molecule has 1 aromatic carbocycles. The van der Waals surface area contributed by atoms with Crippen LogP contribution in [0.5, 0.6) is 0 Å². The summed E-state index contributed by atoms with van der Waals surface area (Å²) in [4.78, 5) is 4.62. The van der Waals surface area contributed by atoms with Gasteiger partial charge in [0, 0.05) is 12.0 Å². The highest BCUT2D eigenvalue weighted by atomic mass is 28.3. The number of unbranched alkanes of at least 4 members (excludes halogenated alkanes) is 1. The number of rotatable bonds is 4. The van der Waals surface area contributed by atoms with Gasteiger partial charge in [-0.05, 0) is 31.9 Å². The Morgan fingerprint density at radius 2 is 1.86 bits per heavy atom. The molecule has 0 aliphatic heterocycles. The van der Waals surface area contributed by atoms with Crippen molar-refractivity contribution in [1.29, 1.82) is 0 Å². The average molecular weight is 297 g/mol. The fourth-order valence-corrected chi connectivity index (χ4v) is 2.69. The molecule has 0 fully saturated rings. The average Bonchev–Trinajstić information content (AvgIpc) is 2.80. The van der Waals surface area contributed by atoms with Gasteiger partial charge in [-0.1, -0.05) is 37.8 Å². The Bertz CT molecular complexity index is 641. The molecule has 0 saturated carbocycles. The van der Waals surface area contributed by atoms with Crippen LogP contribution in [-0.2, 0) is 6.42 Å². The Balaban J connectivity index is 1.96. The van der Waals surface area contributed by atoms with Crippen LogP contribution in [0.15, 0.2) is 34.7 Å². The second-order valence-electron chi connectivity index (χ2n) is 6.29. The summed E-state index contributed by atoms with van der Waals surface area (Å²) in [6, 6.07) is 10.0. The minimum absolute atomic E-state index is 0.719. The van der Waals surface area contributed by atoms with Crippen molar-refractivity contribution < 1.29 is 4.42 Å². The third-order valence-corrected chi connectivity index (χ3v) is 4.02. The number of aryl methyl sites for hydroxylation is 2. The van der Waals surface area contributed by atoms with E-state index in [9.17, 15) is 0 Å². The predicted molar refractivity (Wildman–Crippen MR) is 90.7 cm³/mol. The van der Waals surface area contributed by atoms with E-state index in [2.05, 4.69) is 36.1 Å². The van der Waals surface area contributed by atoms with Gasteiger partial charge in [0.25, 0.3) is 0 Å². The molecule has 0 N–H and O–H groups in total. The molecule has 1 aromatic heterocycles. The lowest BCUT2D eigenvalue weighted by Gasteiger charge is -2.03. The number of benzene rings is 1. The molecular weight excluding hydrogens is 274 g/mol. The van der Waals surface area contributed by atoms with E-state index in [0.29, 0.717) is 0 Å². The summed E-state index contributed by atoms with van der Waals surface area (Å²) in [5.74, 6) is 4.95. The van der Waals surface area contributed by atoms with Crippen LogP contribution >= 0.6 is 0 Å². The summed E-state index contributed by atoms with van der Waals surface area (Å²) in [7, 11) is -1.23. The van der Waals surface area contributed by atoms with Gasteiger partial charge in [-0.2, -0.15) is 0 Å². The van der Waals surface area contributed by atoms with E-state index in [1.54, 1.807) is 0 Å². The van der Waals surface area contributed by atoms with Crippen LogP contribution in [-0.4, -0.2) is 13.1 Å². The van der Waals surface area contributed by atoms with E-state index in [0.717, 1.165) is 42.2 Å². The minimum Gasteiger partial charge on any atom is -0.441 e. The molecule has 1 heterocycles. The van der Waals surface area contributed by atoms with Gasteiger partial charge in [0.15, 0.2) is 0 Å². The van der Waals surface area contributed by atoms with Crippen LogP contribution in [0.2, 0.25) is 19.6 Å². The number of aromatic nitrogens is 1. The molecule has 21 heavy (non-hydrogen) atoms. The highest BCUT2D eigenvalue weighted by Crippen LogP contribution is 2.22. The van der Waals surface area contributed by atoms with Crippen molar-refractivity contribution in [2.75, 3.05) is 0 Å². The molecular formula is C18H23NOSi. The Morgan fingerprint density at radius 1 is 1.14 bits per heavy atom. The van der Waals surface area contributed by atoms with Crippen molar-refractivity contribution in [3.63, 3.8) is 0 Å². The lowest BCUT2D eigenvalue weighted by atomic mass is 10.2. The van der Waals surface area contributed by atoms with Crippen LogP contribution in [0.1, 0.15) is 24.3 Å². The molecule has 2 nitrogen and oxygen atoms in total. The fraction of sp³-hybridized carbons (Fsp3) is 0.389. The molecule has 3 heteroatoms. The van der Waals surface area contributed by atoms with Crippen LogP contribution < -0.4 is 0 Å². The number of nitrogens with zero attached hydrogens (tertiary/aromatic N) is 1. The van der Waals surface area contributed by atoms with Crippen molar-refractivity contribution in [2.24, 2.45) is 0 Å². The van der Waals surface area contributed by atoms with Crippen molar-refractivity contribution in [3.8, 4) is 22.9 Å². The van der Waals surface area contributed by atoms with Crippen molar-refractivity contribution in [3.05, 3.63) is 41.8 Å². The first-order valence-electron chi connectivity index (χ1n) is 7.47. The molecule has 0 aliphatic rings. The molecule has 2 rings (SSSR count). The summed E-state index contributed by atoms with van der Waals surface area (Å²) in [6.07, 6.45) is 2.92. The fourth-order valence-electron chi connectivity index (χ4n) is 2.04. The molecule has 0 aliphatic carbocycles. The van der Waals surface area contributed by atoms with Crippen molar-refractivity contribution in [2.45, 2.75) is 45.8 Å². The number of hydrogen-bond donors (Lipinski definition) is 0. The van der Waals surface area contributed by atoms with E-state index >= 15 is 0 Å². The second-order valence-corrected chi connectivity index (χ2v) is 11.0. The van der Waals surface area contributed by atoms with E-state index < -0.39 is 8.07 Å². The predicted octanol–water partition coefficient (Wildman–Crippen LogP) is 4.85. The SMILES string of the molecule is Cc1oc(-c2ccccc2)nc1CCCC#C[Si](C)(C)C. The van der Waals surface area contributed by atoms with Gasteiger partial charge in [-0.15, -0.1) is 11.5 Å². The lowest BCUT2D eigenvalue weighted by Crippen LogP contribution is -2.16. The summed E-state index contributed by atoms with van der Waals surface area (Å²) in [6.45, 7) is 8.80. The van der Waals surface area contributed by atoms with E-state index in [1.165, 1.54) is 0 Å². The van der Waals surface area contributed by atoms with Gasteiger partial charge in [-0.25, -0.2) is 4.98 Å². The van der Waals surface area contributed by atoms with Crippen LogP contribution in [0.25, 0.3) is 11.5 Å². The van der Waals surface area contributed by atoms with Crippen LogP contribution in [0, 0.1) is 18.4 Å². The summed E-state index contributed by atoms with van der Waals surface area (Å²) in [5, 5.41) is 0. The topological polar surface area (TPSA) is 26.0 Å². The van der Waals surface area contributed by atoms with Gasteiger partial charge in [0.05, 0.1) is 5.69 Å². The number of hydrogen-bond acceptors (Lipinski definition) is 2. The Kier molecular flexibility index (Phi) is 5.03. The highest BCUT2D eigenvalue weighted by Gasteiger charge is 2.10. The van der Waals surface area contributed by atoms with E-state index in [1.807, 2.05) is 37.3 Å². The van der Waals surface area contributed by atoms with Gasteiger partial charge < -0.3 is 4.42 Å². The molecule has 0 spiro atoms. The van der Waals surface area contributed by atoms with Crippen molar-refractivity contribution >= 4 is 8.07 Å². The maximum Gasteiger partial charge on any atom is 0.226 e. The van der Waals surface area contributed by atoms with E-state index in [-0.39, 0.29) is 0 Å². The third kappa shape index (κ3) is 4.91. The van der Waals surface area contributed by atoms with E-state index in [4.69, 9.17) is 4.42 Å². The first-order chi connectivity index (χ1) is 9.96. The number of oxazole rings is 1. The van der Waals surface area contributed by atoms with Gasteiger partial charge in [-0.3, -0.25) is 0 Å². The summed E-state index contributed by atoms with van der Waals surface area (Å²) < 4.78 is 5.77. The zero-order valence-corrected chi connectivity index (χ0v) is 14.4. The highest BCUT2D eigenvalue weighted by molar-refractivity contribution is 6.83. The van der Waals surface area contributed by atoms with Crippen molar-refractivity contribution in [1.82, 2.24) is 4.98 Å². The van der Waals surface area contributed by atoms with Crippen LogP contribution in [0.3, 0.4) is 0 Å². The molecule has 0 radical (unpaired) electrons. The monoisotopic (exact) mass is 297 g/mol. The first kappa shape index (κ1) is 15.6. The Hall–Kier alpha value is -1.79. The largest absolute Gasteiger partial charge is 0.441 e. The summed E-state index contributed by atoms with van der Waals surface area (Å²) >= 11 is 0. The zero-order valence-electron chi connectivity index (χ0n) is 13.4. The molecule has 0 unspecified atom stereocenters. The Morgan fingerprint density at radius 3 is 2.52 bits per heavy atom. The lowest BCUT2D eigenvalue weighted by molar-refractivity contribution is 0.538. The van der Waals surface area contributed by atoms with Gasteiger partial charge >= 0.3 is 0 Å². The minimum atomic E-state index is -1.23. The molecule has 0 amide bonds. The smallest absolute Gasteiger partial charge is 0.226 e. The summed E-state index contributed by atoms with van der Waals surface area (Å²) in [5.41, 5.74) is 5.49. The first-order valence-corrected chi connectivity index (χ1v) is 11.0. The molecule has 110 valence electrons. The Labute approximate surface area is 128 Å². The molecule has 2 aromatic rings. The maximum absolute atomic E-state index is 5.77. The molecule has 0 bridgehead atoms. The maximum atomic E-state index is 5.77. The molecule has 0 saturated heterocycles. The standard InChI is InChI=1S/C18H23NOSi/c1-15-17(13-9-6-10-14-21(2,3)4)19-18(20-15)16-11-7-5-8-12-16/h5,7-8,11-12H,6,9,13H2,1-4H3. The van der Waals surface area contributed by atoms with Gasteiger partial charge in [0.2, 0.25) is 5.89 Å². The zero-order chi connectivity index (χ0) is 15.3. The normalized spacial score (nSPS) is 11.0. The second kappa shape index (κ2) is 6.78. The quantitative estimate of drug-likeness (QED) is 0.458. The molecule has 0 atom stereocenters. The van der Waals surface area contributed by atoms with Gasteiger partial charge in [0.1, 0.15) is 13.8 Å². The van der Waals surface area contributed by atoms with Crippen LogP contribution in [0.4, 0.5) is 0 Å².